The van der Waals surface area contributed by atoms with E-state index >= 15 is 0 Å². The first-order valence-electron chi connectivity index (χ1n) is 6.37. The average molecular weight is 247 g/mol. The highest BCUT2D eigenvalue weighted by molar-refractivity contribution is 5.52. The van der Waals surface area contributed by atoms with E-state index in [9.17, 15) is 5.11 Å². The van der Waals surface area contributed by atoms with Crippen LogP contribution in [0.4, 0.5) is 0 Å². The van der Waals surface area contributed by atoms with Crippen molar-refractivity contribution in [2.45, 2.75) is 5.60 Å². The number of hydrogen-bond acceptors (Lipinski definition) is 1. The second-order valence-corrected chi connectivity index (χ2v) is 4.62. The first-order chi connectivity index (χ1) is 9.32. The molecular weight excluding hydrogens is 232 g/mol. The lowest BCUT2D eigenvalue weighted by atomic mass is 9.79. The van der Waals surface area contributed by atoms with Crippen LogP contribution >= 0.6 is 0 Å². The molecule has 93 valence electrons. The molecule has 0 saturated heterocycles. The molecule has 0 spiro atoms. The molecule has 1 aliphatic rings. The molecule has 0 bridgehead atoms. The molecule has 0 atom stereocenters. The zero-order chi connectivity index (χ0) is 13.1. The van der Waals surface area contributed by atoms with Crippen LogP contribution in [0.2, 0.25) is 0 Å². The van der Waals surface area contributed by atoms with E-state index in [0.29, 0.717) is 0 Å². The summed E-state index contributed by atoms with van der Waals surface area (Å²) in [5.41, 5.74) is 1.57. The summed E-state index contributed by atoms with van der Waals surface area (Å²) in [6.45, 7) is 0. The van der Waals surface area contributed by atoms with E-state index in [4.69, 9.17) is 0 Å². The van der Waals surface area contributed by atoms with Crippen molar-refractivity contribution in [2.24, 2.45) is 0 Å². The van der Waals surface area contributed by atoms with Gasteiger partial charge in [0.05, 0.1) is 0 Å². The maximum atomic E-state index is 11.3. The zero-order valence-corrected chi connectivity index (χ0v) is 10.5. The molecule has 2 aromatic carbocycles. The fourth-order valence-electron chi connectivity index (χ4n) is 2.47. The zero-order valence-electron chi connectivity index (χ0n) is 10.5. The van der Waals surface area contributed by atoms with Gasteiger partial charge in [0.15, 0.2) is 0 Å². The third-order valence-electron chi connectivity index (χ3n) is 3.46. The molecule has 0 aromatic heterocycles. The van der Waals surface area contributed by atoms with Gasteiger partial charge in [-0.1, -0.05) is 78.9 Å². The largest absolute Gasteiger partial charge is 0.376 e. The van der Waals surface area contributed by atoms with Crippen LogP contribution < -0.4 is 0 Å². The quantitative estimate of drug-likeness (QED) is 0.878. The molecule has 1 nitrogen and oxygen atoms in total. The topological polar surface area (TPSA) is 20.2 Å². The van der Waals surface area contributed by atoms with Crippen LogP contribution in [-0.2, 0) is 5.60 Å². The van der Waals surface area contributed by atoms with Gasteiger partial charge in [-0.05, 0) is 16.7 Å². The molecule has 0 heterocycles. The highest BCUT2D eigenvalue weighted by Gasteiger charge is 2.35. The fourth-order valence-corrected chi connectivity index (χ4v) is 2.47. The summed E-state index contributed by atoms with van der Waals surface area (Å²) in [4.78, 5) is 0. The van der Waals surface area contributed by atoms with E-state index in [2.05, 4.69) is 0 Å². The normalized spacial score (nSPS) is 14.5. The molecule has 19 heavy (non-hydrogen) atoms. The van der Waals surface area contributed by atoms with Crippen molar-refractivity contribution in [1.29, 1.82) is 0 Å². The second-order valence-electron chi connectivity index (χ2n) is 4.62. The molecule has 3 rings (SSSR count). The van der Waals surface area contributed by atoms with Gasteiger partial charge in [-0.2, -0.15) is 0 Å². The second kappa shape index (κ2) is 4.87. The summed E-state index contributed by atoms with van der Waals surface area (Å²) in [6, 6.07) is 19.6. The minimum absolute atomic E-state index is 0.882. The Hall–Kier alpha value is -2.12. The molecule has 1 radical (unpaired) electrons. The molecule has 0 aliphatic heterocycles. The lowest BCUT2D eigenvalue weighted by Crippen LogP contribution is -2.29. The third-order valence-corrected chi connectivity index (χ3v) is 3.46. The molecule has 2 aromatic rings. The van der Waals surface area contributed by atoms with Gasteiger partial charge in [0.25, 0.3) is 0 Å². The fraction of sp³-hybridized carbons (Fsp3) is 0.0556. The molecule has 1 N–H and O–H groups in total. The van der Waals surface area contributed by atoms with Crippen molar-refractivity contribution in [2.75, 3.05) is 0 Å². The van der Waals surface area contributed by atoms with Crippen LogP contribution in [0.15, 0.2) is 84.5 Å². The Kier molecular flexibility index (Phi) is 3.06. The van der Waals surface area contributed by atoms with Crippen LogP contribution in [-0.4, -0.2) is 5.11 Å². The molecule has 1 heteroatoms. The minimum atomic E-state index is -1.09. The Morgan fingerprint density at radius 3 is 1.63 bits per heavy atom. The lowest BCUT2D eigenvalue weighted by molar-refractivity contribution is 0.124. The number of benzene rings is 2. The lowest BCUT2D eigenvalue weighted by Gasteiger charge is -2.31. The Morgan fingerprint density at radius 2 is 1.21 bits per heavy atom. The Labute approximate surface area is 113 Å². The summed E-state index contributed by atoms with van der Waals surface area (Å²) in [7, 11) is 0. The summed E-state index contributed by atoms with van der Waals surface area (Å²) in [5.74, 6) is 0. The highest BCUT2D eigenvalue weighted by atomic mass is 16.3. The first kappa shape index (κ1) is 11.9. The number of allylic oxidation sites excluding steroid dienone is 3. The van der Waals surface area contributed by atoms with Crippen LogP contribution in [0.5, 0.6) is 0 Å². The van der Waals surface area contributed by atoms with E-state index in [1.807, 2.05) is 85.3 Å². The number of hydrogen-bond donors (Lipinski definition) is 1. The summed E-state index contributed by atoms with van der Waals surface area (Å²) < 4.78 is 0. The van der Waals surface area contributed by atoms with E-state index in [1.165, 1.54) is 0 Å². The van der Waals surface area contributed by atoms with Gasteiger partial charge in [0, 0.05) is 6.42 Å². The van der Waals surface area contributed by atoms with Gasteiger partial charge < -0.3 is 5.11 Å². The van der Waals surface area contributed by atoms with Gasteiger partial charge in [-0.15, -0.1) is 0 Å². The third kappa shape index (κ3) is 2.02. The first-order valence-corrected chi connectivity index (χ1v) is 6.37. The van der Waals surface area contributed by atoms with E-state index in [-0.39, 0.29) is 0 Å². The molecule has 0 saturated carbocycles. The van der Waals surface area contributed by atoms with E-state index in [1.54, 1.807) is 0 Å². The predicted molar refractivity (Wildman–Crippen MR) is 77.4 cm³/mol. The SMILES string of the molecule is OC(C1=CC=C[CH]1)(c1ccccc1)c1ccccc1. The molecule has 0 amide bonds. The van der Waals surface area contributed by atoms with Crippen LogP contribution in [0, 0.1) is 6.42 Å². The Morgan fingerprint density at radius 1 is 0.684 bits per heavy atom. The molecule has 0 fully saturated rings. The minimum Gasteiger partial charge on any atom is -0.376 e. The monoisotopic (exact) mass is 247 g/mol. The standard InChI is InChI=1S/C18H15O/c19-18(17-13-7-8-14-17,15-9-3-1-4-10-15)16-11-5-2-6-12-16/h1-14,19H. The van der Waals surface area contributed by atoms with Gasteiger partial charge in [-0.25, -0.2) is 0 Å². The van der Waals surface area contributed by atoms with Gasteiger partial charge in [0.1, 0.15) is 5.60 Å². The Balaban J connectivity index is 2.17. The van der Waals surface area contributed by atoms with Crippen LogP contribution in [0.1, 0.15) is 11.1 Å². The molecule has 1 aliphatic carbocycles. The highest BCUT2D eigenvalue weighted by Crippen LogP contribution is 2.39. The van der Waals surface area contributed by atoms with Crippen molar-refractivity contribution < 1.29 is 5.11 Å². The summed E-state index contributed by atoms with van der Waals surface area (Å²) in [5, 5.41) is 11.3. The van der Waals surface area contributed by atoms with Gasteiger partial charge in [-0.3, -0.25) is 0 Å². The maximum absolute atomic E-state index is 11.3. The van der Waals surface area contributed by atoms with Crippen LogP contribution in [0.25, 0.3) is 0 Å². The van der Waals surface area contributed by atoms with Crippen molar-refractivity contribution in [3.63, 3.8) is 0 Å². The van der Waals surface area contributed by atoms with Gasteiger partial charge >= 0.3 is 0 Å². The van der Waals surface area contributed by atoms with Crippen molar-refractivity contribution in [3.8, 4) is 0 Å². The van der Waals surface area contributed by atoms with E-state index < -0.39 is 5.60 Å². The van der Waals surface area contributed by atoms with Crippen molar-refractivity contribution in [1.82, 2.24) is 0 Å². The molecular formula is C18H15O. The predicted octanol–water partition coefficient (Wildman–Crippen LogP) is 3.62. The average Bonchev–Trinajstić information content (AvgIpc) is 3.03. The number of rotatable bonds is 3. The number of aliphatic hydroxyl groups is 1. The molecule has 0 unspecified atom stereocenters. The van der Waals surface area contributed by atoms with Crippen molar-refractivity contribution >= 4 is 0 Å². The smallest absolute Gasteiger partial charge is 0.137 e. The van der Waals surface area contributed by atoms with Crippen LogP contribution in [0.3, 0.4) is 0 Å². The van der Waals surface area contributed by atoms with E-state index in [0.717, 1.165) is 16.7 Å². The Bertz CT molecular complexity index is 569. The maximum Gasteiger partial charge on any atom is 0.137 e. The summed E-state index contributed by atoms with van der Waals surface area (Å²) in [6.07, 6.45) is 7.82. The van der Waals surface area contributed by atoms with Gasteiger partial charge in [0.2, 0.25) is 0 Å². The van der Waals surface area contributed by atoms with Crippen molar-refractivity contribution in [3.05, 3.63) is 102 Å². The summed E-state index contributed by atoms with van der Waals surface area (Å²) >= 11 is 0.